The van der Waals surface area contributed by atoms with Crippen LogP contribution < -0.4 is 11.1 Å². The lowest BCUT2D eigenvalue weighted by Crippen LogP contribution is -2.19. The van der Waals surface area contributed by atoms with Gasteiger partial charge in [0.05, 0.1) is 0 Å². The molecule has 80 valence electrons. The van der Waals surface area contributed by atoms with Crippen molar-refractivity contribution in [2.45, 2.75) is 12.8 Å². The number of hydrogen-bond donors (Lipinski definition) is 3. The van der Waals surface area contributed by atoms with Gasteiger partial charge in [-0.1, -0.05) is 0 Å². The molecule has 0 spiro atoms. The highest BCUT2D eigenvalue weighted by molar-refractivity contribution is 5.97. The minimum absolute atomic E-state index is 0.390. The zero-order chi connectivity index (χ0) is 10.7. The van der Waals surface area contributed by atoms with Crippen LogP contribution in [-0.4, -0.2) is 28.7 Å². The summed E-state index contributed by atoms with van der Waals surface area (Å²) in [5.41, 5.74) is 7.66. The highest BCUT2D eigenvalue weighted by Gasteiger charge is 2.14. The molecule has 4 N–H and O–H groups in total. The van der Waals surface area contributed by atoms with E-state index in [-0.39, 0.29) is 0 Å². The van der Waals surface area contributed by atoms with Crippen LogP contribution in [0.5, 0.6) is 0 Å². The van der Waals surface area contributed by atoms with Crippen molar-refractivity contribution in [3.8, 4) is 0 Å². The summed E-state index contributed by atoms with van der Waals surface area (Å²) in [5, 5.41) is 15.3. The Balaban J connectivity index is 2.25. The number of rotatable bonds is 1. The molecule has 0 fully saturated rings. The molecule has 0 unspecified atom stereocenters. The molecule has 0 bridgehead atoms. The predicted molar refractivity (Wildman–Crippen MR) is 58.7 cm³/mol. The first-order valence-corrected chi connectivity index (χ1v) is 5.06. The van der Waals surface area contributed by atoms with Crippen molar-refractivity contribution in [3.05, 3.63) is 29.7 Å². The third kappa shape index (κ3) is 2.07. The van der Waals surface area contributed by atoms with Crippen molar-refractivity contribution < 1.29 is 0 Å². The zero-order valence-electron chi connectivity index (χ0n) is 8.53. The molecule has 1 aliphatic rings. The van der Waals surface area contributed by atoms with Gasteiger partial charge in [-0.2, -0.15) is 5.10 Å². The molecule has 15 heavy (non-hydrogen) atoms. The van der Waals surface area contributed by atoms with Gasteiger partial charge >= 0.3 is 0 Å². The van der Waals surface area contributed by atoms with Crippen LogP contribution in [0.15, 0.2) is 29.7 Å². The molecule has 0 saturated carbocycles. The maximum Gasteiger partial charge on any atom is 0.150 e. The highest BCUT2D eigenvalue weighted by Crippen LogP contribution is 2.12. The molecule has 2 heterocycles. The van der Waals surface area contributed by atoms with Gasteiger partial charge in [-0.3, -0.25) is 5.41 Å². The molecule has 1 aromatic heterocycles. The molecule has 2 rings (SSSR count). The average molecular weight is 205 g/mol. The maximum absolute atomic E-state index is 8.00. The lowest BCUT2D eigenvalue weighted by Gasteiger charge is -2.09. The number of hydrogen-bond acceptors (Lipinski definition) is 4. The SMILES string of the molecule is N=C(C1=C(N)CCNCC1)n1cccn1. The summed E-state index contributed by atoms with van der Waals surface area (Å²) >= 11 is 0. The first-order chi connectivity index (χ1) is 7.29. The second kappa shape index (κ2) is 4.27. The smallest absolute Gasteiger partial charge is 0.150 e. The highest BCUT2D eigenvalue weighted by atomic mass is 15.3. The van der Waals surface area contributed by atoms with Crippen LogP contribution in [-0.2, 0) is 0 Å². The average Bonchev–Trinajstić information content (AvgIpc) is 2.68. The van der Waals surface area contributed by atoms with E-state index in [1.165, 1.54) is 0 Å². The topological polar surface area (TPSA) is 79.7 Å². The molecule has 1 aromatic rings. The largest absolute Gasteiger partial charge is 0.402 e. The fourth-order valence-electron chi connectivity index (χ4n) is 1.68. The standard InChI is InChI=1S/C10H15N5/c11-9-3-6-13-5-2-8(9)10(12)15-7-1-4-14-15/h1,4,7,12-13H,2-3,5-6,11H2. The molecular weight excluding hydrogens is 190 g/mol. The van der Waals surface area contributed by atoms with E-state index in [0.717, 1.165) is 37.2 Å². The first kappa shape index (κ1) is 9.92. The summed E-state index contributed by atoms with van der Waals surface area (Å²) in [6.45, 7) is 1.77. The Morgan fingerprint density at radius 2 is 2.27 bits per heavy atom. The van der Waals surface area contributed by atoms with Crippen LogP contribution in [0.3, 0.4) is 0 Å². The van der Waals surface area contributed by atoms with E-state index < -0.39 is 0 Å². The van der Waals surface area contributed by atoms with Crippen molar-refractivity contribution in [1.82, 2.24) is 15.1 Å². The van der Waals surface area contributed by atoms with Gasteiger partial charge in [0.2, 0.25) is 0 Å². The quantitative estimate of drug-likeness (QED) is 0.456. The number of nitrogens with two attached hydrogens (primary N) is 1. The van der Waals surface area contributed by atoms with E-state index in [2.05, 4.69) is 10.4 Å². The third-order valence-electron chi connectivity index (χ3n) is 2.53. The summed E-state index contributed by atoms with van der Waals surface area (Å²) in [6.07, 6.45) is 5.03. The van der Waals surface area contributed by atoms with E-state index in [1.807, 2.05) is 0 Å². The van der Waals surface area contributed by atoms with Gasteiger partial charge in [0.1, 0.15) is 0 Å². The number of nitrogens with one attached hydrogen (secondary N) is 2. The molecule has 5 nitrogen and oxygen atoms in total. The molecule has 1 aliphatic heterocycles. The van der Waals surface area contributed by atoms with Crippen molar-refractivity contribution in [1.29, 1.82) is 5.41 Å². The maximum atomic E-state index is 8.00. The fourth-order valence-corrected chi connectivity index (χ4v) is 1.68. The minimum Gasteiger partial charge on any atom is -0.402 e. The second-order valence-electron chi connectivity index (χ2n) is 3.55. The Morgan fingerprint density at radius 1 is 1.47 bits per heavy atom. The van der Waals surface area contributed by atoms with Gasteiger partial charge in [-0.15, -0.1) is 0 Å². The third-order valence-corrected chi connectivity index (χ3v) is 2.53. The van der Waals surface area contributed by atoms with Gasteiger partial charge in [0.15, 0.2) is 5.84 Å². The molecule has 0 atom stereocenters. The van der Waals surface area contributed by atoms with Gasteiger partial charge in [0, 0.05) is 30.2 Å². The van der Waals surface area contributed by atoms with Crippen molar-refractivity contribution in [3.63, 3.8) is 0 Å². The normalized spacial score (nSPS) is 17.6. The lowest BCUT2D eigenvalue weighted by atomic mass is 10.1. The molecule has 0 aromatic carbocycles. The lowest BCUT2D eigenvalue weighted by molar-refractivity contribution is 0.706. The van der Waals surface area contributed by atoms with Crippen molar-refractivity contribution in [2.24, 2.45) is 5.73 Å². The van der Waals surface area contributed by atoms with Crippen LogP contribution >= 0.6 is 0 Å². The summed E-state index contributed by atoms with van der Waals surface area (Å²) in [4.78, 5) is 0. The van der Waals surface area contributed by atoms with Crippen LogP contribution in [0.4, 0.5) is 0 Å². The molecule has 0 saturated heterocycles. The second-order valence-corrected chi connectivity index (χ2v) is 3.55. The minimum atomic E-state index is 0.390. The number of aromatic nitrogens is 2. The van der Waals surface area contributed by atoms with Gasteiger partial charge < -0.3 is 11.1 Å². The Labute approximate surface area is 88.5 Å². The van der Waals surface area contributed by atoms with Crippen LogP contribution in [0.2, 0.25) is 0 Å². The molecular formula is C10H15N5. The number of nitrogens with zero attached hydrogens (tertiary/aromatic N) is 2. The fraction of sp³-hybridized carbons (Fsp3) is 0.400. The monoisotopic (exact) mass is 205 g/mol. The molecule has 0 radical (unpaired) electrons. The first-order valence-electron chi connectivity index (χ1n) is 5.06. The Hall–Kier alpha value is -1.62. The van der Waals surface area contributed by atoms with Gasteiger partial charge in [0.25, 0.3) is 0 Å². The molecule has 5 heteroatoms. The summed E-state index contributed by atoms with van der Waals surface area (Å²) in [7, 11) is 0. The summed E-state index contributed by atoms with van der Waals surface area (Å²) in [5.74, 6) is 0.390. The van der Waals surface area contributed by atoms with Crippen molar-refractivity contribution in [2.75, 3.05) is 13.1 Å². The van der Waals surface area contributed by atoms with E-state index >= 15 is 0 Å². The summed E-state index contributed by atoms with van der Waals surface area (Å²) in [6, 6.07) is 1.81. The Kier molecular flexibility index (Phi) is 2.82. The van der Waals surface area contributed by atoms with Crippen LogP contribution in [0, 0.1) is 5.41 Å². The Morgan fingerprint density at radius 3 is 3.00 bits per heavy atom. The predicted octanol–water partition coefficient (Wildman–Crippen LogP) is 0.305. The van der Waals surface area contributed by atoms with Crippen LogP contribution in [0.25, 0.3) is 0 Å². The van der Waals surface area contributed by atoms with E-state index in [0.29, 0.717) is 5.84 Å². The zero-order valence-corrected chi connectivity index (χ0v) is 8.53. The van der Waals surface area contributed by atoms with E-state index in [4.69, 9.17) is 11.1 Å². The summed E-state index contributed by atoms with van der Waals surface area (Å²) < 4.78 is 1.55. The van der Waals surface area contributed by atoms with E-state index in [9.17, 15) is 0 Å². The van der Waals surface area contributed by atoms with Crippen LogP contribution in [0.1, 0.15) is 12.8 Å². The van der Waals surface area contributed by atoms with E-state index in [1.54, 1.807) is 23.1 Å². The van der Waals surface area contributed by atoms with Crippen molar-refractivity contribution >= 4 is 5.84 Å². The van der Waals surface area contributed by atoms with Gasteiger partial charge in [-0.05, 0) is 25.5 Å². The Bertz CT molecular complexity index is 377. The molecule has 0 aliphatic carbocycles. The van der Waals surface area contributed by atoms with Gasteiger partial charge in [-0.25, -0.2) is 4.68 Å². The molecule has 0 amide bonds.